The molecule has 0 aliphatic heterocycles. The molecule has 1 fully saturated rings. The Balaban J connectivity index is 1.92. The molecule has 0 spiro atoms. The Hall–Kier alpha value is -2.67. The van der Waals surface area contributed by atoms with E-state index < -0.39 is 5.41 Å². The van der Waals surface area contributed by atoms with E-state index in [0.717, 1.165) is 18.4 Å². The summed E-state index contributed by atoms with van der Waals surface area (Å²) in [4.78, 5) is 12.9. The minimum atomic E-state index is -0.690. The number of benzene rings is 2. The fourth-order valence-corrected chi connectivity index (χ4v) is 3.33. The highest BCUT2D eigenvalue weighted by molar-refractivity contribution is 5.99. The van der Waals surface area contributed by atoms with Crippen molar-refractivity contribution in [1.29, 1.82) is 5.26 Å². The Morgan fingerprint density at radius 1 is 1.13 bits per heavy atom. The van der Waals surface area contributed by atoms with Crippen molar-refractivity contribution >= 4 is 11.6 Å². The van der Waals surface area contributed by atoms with Crippen LogP contribution in [-0.4, -0.2) is 5.91 Å². The maximum Gasteiger partial charge on any atom is 0.235 e. The fraction of sp³-hybridized carbons (Fsp3) is 0.263. The van der Waals surface area contributed by atoms with E-state index in [4.69, 9.17) is 5.26 Å². The molecular weight excluding hydrogens is 291 g/mol. The van der Waals surface area contributed by atoms with E-state index in [1.54, 1.807) is 30.3 Å². The molecule has 1 amide bonds. The number of amides is 1. The molecule has 0 atom stereocenters. The average Bonchev–Trinajstić information content (AvgIpc) is 3.06. The van der Waals surface area contributed by atoms with Gasteiger partial charge in [-0.3, -0.25) is 4.79 Å². The number of carbonyl (C=O) groups excluding carboxylic acids is 1. The molecule has 0 saturated heterocycles. The molecule has 1 N–H and O–H groups in total. The van der Waals surface area contributed by atoms with Gasteiger partial charge in [0.2, 0.25) is 5.91 Å². The Morgan fingerprint density at radius 3 is 2.57 bits per heavy atom. The Kier molecular flexibility index (Phi) is 4.12. The van der Waals surface area contributed by atoms with Crippen LogP contribution in [-0.2, 0) is 10.2 Å². The first-order chi connectivity index (χ1) is 11.1. The third kappa shape index (κ3) is 2.95. The van der Waals surface area contributed by atoms with Gasteiger partial charge >= 0.3 is 0 Å². The van der Waals surface area contributed by atoms with E-state index in [1.165, 1.54) is 12.1 Å². The van der Waals surface area contributed by atoms with Crippen molar-refractivity contribution in [3.63, 3.8) is 0 Å². The van der Waals surface area contributed by atoms with Gasteiger partial charge in [-0.25, -0.2) is 4.39 Å². The molecule has 23 heavy (non-hydrogen) atoms. The molecule has 4 heteroatoms. The van der Waals surface area contributed by atoms with Gasteiger partial charge in [-0.15, -0.1) is 0 Å². The predicted octanol–water partition coefficient (Wildman–Crippen LogP) is 4.15. The molecule has 2 aromatic carbocycles. The van der Waals surface area contributed by atoms with Crippen LogP contribution in [0.3, 0.4) is 0 Å². The molecule has 0 radical (unpaired) electrons. The smallest absolute Gasteiger partial charge is 0.235 e. The van der Waals surface area contributed by atoms with Gasteiger partial charge in [0.05, 0.1) is 17.0 Å². The van der Waals surface area contributed by atoms with Crippen LogP contribution in [0.5, 0.6) is 0 Å². The van der Waals surface area contributed by atoms with Gasteiger partial charge in [0, 0.05) is 5.69 Å². The summed E-state index contributed by atoms with van der Waals surface area (Å²) >= 11 is 0. The summed E-state index contributed by atoms with van der Waals surface area (Å²) in [5.41, 5.74) is 1.12. The van der Waals surface area contributed by atoms with Crippen molar-refractivity contribution < 1.29 is 9.18 Å². The SMILES string of the molecule is N#Cc1cccc(NC(=O)C2(c3cccc(F)c3)CCCC2)c1. The van der Waals surface area contributed by atoms with Crippen LogP contribution in [0.4, 0.5) is 10.1 Å². The van der Waals surface area contributed by atoms with E-state index >= 15 is 0 Å². The minimum Gasteiger partial charge on any atom is -0.325 e. The molecule has 2 aromatic rings. The second-order valence-electron chi connectivity index (χ2n) is 5.95. The van der Waals surface area contributed by atoms with Crippen LogP contribution in [0.1, 0.15) is 36.8 Å². The standard InChI is InChI=1S/C19H17FN2O/c20-16-7-4-6-15(12-16)19(9-1-2-10-19)18(23)22-17-8-3-5-14(11-17)13-21/h3-8,11-12H,1-2,9-10H2,(H,22,23). The molecule has 1 aliphatic rings. The first-order valence-electron chi connectivity index (χ1n) is 7.72. The van der Waals surface area contributed by atoms with Gasteiger partial charge in [-0.1, -0.05) is 31.0 Å². The number of hydrogen-bond acceptors (Lipinski definition) is 2. The summed E-state index contributed by atoms with van der Waals surface area (Å²) in [6.07, 6.45) is 3.31. The van der Waals surface area contributed by atoms with Crippen LogP contribution in [0, 0.1) is 17.1 Å². The predicted molar refractivity (Wildman–Crippen MR) is 86.3 cm³/mol. The number of anilines is 1. The Bertz CT molecular complexity index is 773. The second-order valence-corrected chi connectivity index (χ2v) is 5.95. The zero-order valence-corrected chi connectivity index (χ0v) is 12.7. The fourth-order valence-electron chi connectivity index (χ4n) is 3.33. The summed E-state index contributed by atoms with van der Waals surface area (Å²) in [6, 6.07) is 15.2. The summed E-state index contributed by atoms with van der Waals surface area (Å²) in [7, 11) is 0. The maximum absolute atomic E-state index is 13.6. The summed E-state index contributed by atoms with van der Waals surface area (Å²) in [5.74, 6) is -0.455. The van der Waals surface area contributed by atoms with Crippen molar-refractivity contribution in [1.82, 2.24) is 0 Å². The maximum atomic E-state index is 13.6. The zero-order valence-electron chi connectivity index (χ0n) is 12.7. The molecule has 3 rings (SSSR count). The van der Waals surface area contributed by atoms with Crippen molar-refractivity contribution in [3.05, 3.63) is 65.5 Å². The zero-order chi connectivity index (χ0) is 16.3. The van der Waals surface area contributed by atoms with E-state index in [1.807, 2.05) is 6.07 Å². The topological polar surface area (TPSA) is 52.9 Å². The third-order valence-corrected chi connectivity index (χ3v) is 4.52. The van der Waals surface area contributed by atoms with Gasteiger partial charge in [0.15, 0.2) is 0 Å². The second kappa shape index (κ2) is 6.21. The van der Waals surface area contributed by atoms with Gasteiger partial charge in [0.1, 0.15) is 5.82 Å². The lowest BCUT2D eigenvalue weighted by atomic mass is 9.78. The molecular formula is C19H17FN2O. The lowest BCUT2D eigenvalue weighted by molar-refractivity contribution is -0.121. The van der Waals surface area contributed by atoms with Crippen molar-refractivity contribution in [3.8, 4) is 6.07 Å². The molecule has 1 saturated carbocycles. The van der Waals surface area contributed by atoms with Crippen LogP contribution >= 0.6 is 0 Å². The van der Waals surface area contributed by atoms with E-state index in [-0.39, 0.29) is 11.7 Å². The molecule has 0 aromatic heterocycles. The molecule has 116 valence electrons. The summed E-state index contributed by atoms with van der Waals surface area (Å²) in [5, 5.41) is 11.9. The van der Waals surface area contributed by atoms with Gasteiger partial charge < -0.3 is 5.32 Å². The van der Waals surface area contributed by atoms with E-state index in [2.05, 4.69) is 11.4 Å². The summed E-state index contributed by atoms with van der Waals surface area (Å²) < 4.78 is 13.6. The van der Waals surface area contributed by atoms with Crippen LogP contribution in [0.15, 0.2) is 48.5 Å². The first kappa shape index (κ1) is 15.2. The molecule has 1 aliphatic carbocycles. The number of nitrogens with zero attached hydrogens (tertiary/aromatic N) is 1. The number of hydrogen-bond donors (Lipinski definition) is 1. The molecule has 3 nitrogen and oxygen atoms in total. The number of halogens is 1. The summed E-state index contributed by atoms with van der Waals surface area (Å²) in [6.45, 7) is 0. The van der Waals surface area contributed by atoms with E-state index in [9.17, 15) is 9.18 Å². The van der Waals surface area contributed by atoms with Crippen LogP contribution < -0.4 is 5.32 Å². The minimum absolute atomic E-state index is 0.129. The molecule has 0 bridgehead atoms. The quantitative estimate of drug-likeness (QED) is 0.926. The van der Waals surface area contributed by atoms with Crippen molar-refractivity contribution in [2.45, 2.75) is 31.1 Å². The third-order valence-electron chi connectivity index (χ3n) is 4.52. The van der Waals surface area contributed by atoms with Gasteiger partial charge in [-0.2, -0.15) is 5.26 Å². The highest BCUT2D eigenvalue weighted by Crippen LogP contribution is 2.42. The number of nitrogens with one attached hydrogen (secondary N) is 1. The Labute approximate surface area is 134 Å². The van der Waals surface area contributed by atoms with Crippen molar-refractivity contribution in [2.24, 2.45) is 0 Å². The normalized spacial score (nSPS) is 15.8. The monoisotopic (exact) mass is 308 g/mol. The lowest BCUT2D eigenvalue weighted by Gasteiger charge is -2.28. The average molecular weight is 308 g/mol. The number of nitriles is 1. The van der Waals surface area contributed by atoms with Gasteiger partial charge in [0.25, 0.3) is 0 Å². The molecule has 0 heterocycles. The number of rotatable bonds is 3. The lowest BCUT2D eigenvalue weighted by Crippen LogP contribution is -2.38. The van der Waals surface area contributed by atoms with Gasteiger partial charge in [-0.05, 0) is 48.7 Å². The largest absolute Gasteiger partial charge is 0.325 e. The van der Waals surface area contributed by atoms with Crippen LogP contribution in [0.2, 0.25) is 0 Å². The first-order valence-corrected chi connectivity index (χ1v) is 7.72. The highest BCUT2D eigenvalue weighted by atomic mass is 19.1. The van der Waals surface area contributed by atoms with E-state index in [0.29, 0.717) is 24.1 Å². The molecule has 0 unspecified atom stereocenters. The highest BCUT2D eigenvalue weighted by Gasteiger charge is 2.42. The number of carbonyl (C=O) groups is 1. The Morgan fingerprint density at radius 2 is 1.87 bits per heavy atom. The van der Waals surface area contributed by atoms with Crippen molar-refractivity contribution in [2.75, 3.05) is 5.32 Å². The van der Waals surface area contributed by atoms with Crippen LogP contribution in [0.25, 0.3) is 0 Å².